The maximum Gasteiger partial charge on any atom is 0.333 e. The lowest BCUT2D eigenvalue weighted by atomic mass is 9.91. The third kappa shape index (κ3) is 3.06. The molecular formula is C19H24ClFN4O2. The van der Waals surface area contributed by atoms with Crippen molar-refractivity contribution in [2.45, 2.75) is 50.2 Å². The first-order valence-corrected chi connectivity index (χ1v) is 9.40. The van der Waals surface area contributed by atoms with Crippen molar-refractivity contribution in [1.29, 1.82) is 0 Å². The number of aliphatic carboxylic acids is 1. The van der Waals surface area contributed by atoms with Crippen LogP contribution in [0.2, 0.25) is 0 Å². The Hall–Kier alpha value is -1.86. The molecule has 6 nitrogen and oxygen atoms in total. The Bertz CT molecular complexity index is 813. The van der Waals surface area contributed by atoms with Gasteiger partial charge in [0.1, 0.15) is 5.82 Å². The summed E-state index contributed by atoms with van der Waals surface area (Å²) in [5.74, 6) is -0.100. The largest absolute Gasteiger partial charge is 0.478 e. The lowest BCUT2D eigenvalue weighted by molar-refractivity contribution is -0.132. The normalized spacial score (nSPS) is 27.1. The lowest BCUT2D eigenvalue weighted by Crippen LogP contribution is -2.62. The molecule has 6 rings (SSSR count). The van der Waals surface area contributed by atoms with E-state index < -0.39 is 5.97 Å². The molecule has 5 heterocycles. The summed E-state index contributed by atoms with van der Waals surface area (Å²) in [4.78, 5) is 22.6. The van der Waals surface area contributed by atoms with Crippen molar-refractivity contribution in [1.82, 2.24) is 9.88 Å². The number of pyridine rings is 1. The Morgan fingerprint density at radius 1 is 1.15 bits per heavy atom. The molecule has 0 aromatic carbocycles. The molecule has 1 N–H and O–H groups in total. The summed E-state index contributed by atoms with van der Waals surface area (Å²) in [6, 6.07) is 2.55. The molecule has 8 heteroatoms. The molecule has 3 saturated heterocycles. The highest BCUT2D eigenvalue weighted by Crippen LogP contribution is 2.40. The molecular weight excluding hydrogens is 371 g/mol. The van der Waals surface area contributed by atoms with Crippen LogP contribution in [0.1, 0.15) is 31.2 Å². The molecule has 146 valence electrons. The van der Waals surface area contributed by atoms with Crippen LogP contribution in [0.5, 0.6) is 0 Å². The highest BCUT2D eigenvalue weighted by molar-refractivity contribution is 5.89. The molecule has 4 aliphatic heterocycles. The number of carboxylic acid groups (broad SMARTS) is 1. The molecule has 5 aliphatic rings. The molecule has 0 radical (unpaired) electrons. The van der Waals surface area contributed by atoms with Gasteiger partial charge in [0.2, 0.25) is 0 Å². The van der Waals surface area contributed by atoms with Crippen LogP contribution >= 0.6 is 12.4 Å². The number of anilines is 2. The van der Waals surface area contributed by atoms with Crippen molar-refractivity contribution in [3.05, 3.63) is 29.2 Å². The predicted molar refractivity (Wildman–Crippen MR) is 103 cm³/mol. The second kappa shape index (κ2) is 6.63. The SMILES string of the molecule is CN1CC2CCC1CN2c1nc2c(cc1F)CC(C(=O)O)=CN2C1CC1.Cl. The van der Waals surface area contributed by atoms with Crippen LogP contribution < -0.4 is 9.80 Å². The summed E-state index contributed by atoms with van der Waals surface area (Å²) in [6.07, 6.45) is 6.21. The number of likely N-dealkylation sites (N-methyl/N-ethyl adjacent to an activating group) is 1. The molecule has 2 bridgehead atoms. The van der Waals surface area contributed by atoms with Gasteiger partial charge < -0.3 is 14.9 Å². The third-order valence-corrected chi connectivity index (χ3v) is 6.22. The van der Waals surface area contributed by atoms with Gasteiger partial charge in [-0.2, -0.15) is 0 Å². The van der Waals surface area contributed by atoms with Gasteiger partial charge in [-0.15, -0.1) is 12.4 Å². The minimum absolute atomic E-state index is 0. The number of halogens is 2. The number of fused-ring (bicyclic) bond motifs is 4. The zero-order chi connectivity index (χ0) is 18.0. The van der Waals surface area contributed by atoms with E-state index in [1.54, 1.807) is 6.20 Å². The van der Waals surface area contributed by atoms with E-state index in [0.29, 0.717) is 29.0 Å². The van der Waals surface area contributed by atoms with Crippen LogP contribution in [0, 0.1) is 5.82 Å². The van der Waals surface area contributed by atoms with Gasteiger partial charge in [-0.25, -0.2) is 14.2 Å². The van der Waals surface area contributed by atoms with Crippen LogP contribution in [-0.4, -0.2) is 59.2 Å². The van der Waals surface area contributed by atoms with Gasteiger partial charge in [0.05, 0.1) is 5.57 Å². The van der Waals surface area contributed by atoms with E-state index in [-0.39, 0.29) is 30.7 Å². The number of rotatable bonds is 3. The highest BCUT2D eigenvalue weighted by Gasteiger charge is 2.40. The Morgan fingerprint density at radius 3 is 2.44 bits per heavy atom. The monoisotopic (exact) mass is 394 g/mol. The van der Waals surface area contributed by atoms with E-state index in [1.165, 1.54) is 6.07 Å². The van der Waals surface area contributed by atoms with Crippen molar-refractivity contribution >= 4 is 30.0 Å². The van der Waals surface area contributed by atoms with E-state index >= 15 is 0 Å². The minimum atomic E-state index is -0.942. The summed E-state index contributed by atoms with van der Waals surface area (Å²) >= 11 is 0. The second-order valence-corrected chi connectivity index (χ2v) is 8.03. The van der Waals surface area contributed by atoms with Crippen LogP contribution in [0.25, 0.3) is 0 Å². The first kappa shape index (κ1) is 18.5. The van der Waals surface area contributed by atoms with Crippen molar-refractivity contribution in [2.24, 2.45) is 0 Å². The first-order chi connectivity index (χ1) is 12.5. The van der Waals surface area contributed by atoms with Crippen LogP contribution in [0.15, 0.2) is 17.8 Å². The lowest BCUT2D eigenvalue weighted by Gasteiger charge is -2.51. The van der Waals surface area contributed by atoms with Crippen LogP contribution in [-0.2, 0) is 11.2 Å². The molecule has 1 aliphatic carbocycles. The van der Waals surface area contributed by atoms with E-state index in [1.807, 2.05) is 4.90 Å². The molecule has 0 amide bonds. The molecule has 4 fully saturated rings. The van der Waals surface area contributed by atoms with Gasteiger partial charge in [0.15, 0.2) is 11.6 Å². The van der Waals surface area contributed by atoms with Crippen LogP contribution in [0.4, 0.5) is 16.0 Å². The number of carbonyl (C=O) groups is 1. The van der Waals surface area contributed by atoms with Gasteiger partial charge in [-0.1, -0.05) is 0 Å². The minimum Gasteiger partial charge on any atom is -0.478 e. The van der Waals surface area contributed by atoms with E-state index in [4.69, 9.17) is 4.98 Å². The third-order valence-electron chi connectivity index (χ3n) is 6.22. The average Bonchev–Trinajstić information content (AvgIpc) is 3.45. The van der Waals surface area contributed by atoms with Gasteiger partial charge in [0.25, 0.3) is 0 Å². The summed E-state index contributed by atoms with van der Waals surface area (Å²) in [6.45, 7) is 1.75. The topological polar surface area (TPSA) is 59.9 Å². The second-order valence-electron chi connectivity index (χ2n) is 8.03. The molecule has 27 heavy (non-hydrogen) atoms. The molecule has 1 aromatic rings. The van der Waals surface area contributed by atoms with Crippen molar-refractivity contribution in [3.63, 3.8) is 0 Å². The fourth-order valence-electron chi connectivity index (χ4n) is 4.60. The molecule has 1 aromatic heterocycles. The molecule has 1 saturated carbocycles. The summed E-state index contributed by atoms with van der Waals surface area (Å²) in [5.41, 5.74) is 0.981. The number of aromatic nitrogens is 1. The predicted octanol–water partition coefficient (Wildman–Crippen LogP) is 2.42. The van der Waals surface area contributed by atoms with Gasteiger partial charge in [-0.3, -0.25) is 4.90 Å². The Balaban J connectivity index is 0.00000180. The number of nitrogens with zero attached hydrogens (tertiary/aromatic N) is 4. The maximum absolute atomic E-state index is 15.0. The van der Waals surface area contributed by atoms with Gasteiger partial charge in [0, 0.05) is 49.4 Å². The summed E-state index contributed by atoms with van der Waals surface area (Å²) in [5, 5.41) is 9.39. The molecule has 2 atom stereocenters. The van der Waals surface area contributed by atoms with Crippen LogP contribution in [0.3, 0.4) is 0 Å². The number of hydrogen-bond donors (Lipinski definition) is 1. The van der Waals surface area contributed by atoms with E-state index in [2.05, 4.69) is 16.8 Å². The fraction of sp³-hybridized carbons (Fsp3) is 0.579. The number of piperidine rings is 2. The van der Waals surface area contributed by atoms with E-state index in [0.717, 1.165) is 44.6 Å². The average molecular weight is 395 g/mol. The standard InChI is InChI=1S/C19H23FN4O2.ClH/c1-22-9-15-5-4-14(22)10-24(15)18-16(20)7-11-6-12(19(25)26)8-23(13-2-3-13)17(11)21-18;/h7-8,13-15H,2-6,9-10H2,1H3,(H,25,26);1H. The van der Waals surface area contributed by atoms with Gasteiger partial charge >= 0.3 is 5.97 Å². The smallest absolute Gasteiger partial charge is 0.333 e. The summed E-state index contributed by atoms with van der Waals surface area (Å²) < 4.78 is 15.0. The fourth-order valence-corrected chi connectivity index (χ4v) is 4.60. The quantitative estimate of drug-likeness (QED) is 0.849. The molecule has 0 spiro atoms. The zero-order valence-electron chi connectivity index (χ0n) is 15.3. The number of carboxylic acids is 1. The Kier molecular flexibility index (Phi) is 4.55. The van der Waals surface area contributed by atoms with Crippen molar-refractivity contribution in [3.8, 4) is 0 Å². The van der Waals surface area contributed by atoms with Gasteiger partial charge in [-0.05, 0) is 38.8 Å². The maximum atomic E-state index is 15.0. The summed E-state index contributed by atoms with van der Waals surface area (Å²) in [7, 11) is 2.14. The first-order valence-electron chi connectivity index (χ1n) is 9.40. The van der Waals surface area contributed by atoms with Crippen molar-refractivity contribution < 1.29 is 14.3 Å². The van der Waals surface area contributed by atoms with Crippen molar-refractivity contribution in [2.75, 3.05) is 29.9 Å². The number of piperazine rings is 1. The Morgan fingerprint density at radius 2 is 1.85 bits per heavy atom. The Labute approximate surface area is 164 Å². The molecule has 2 unspecified atom stereocenters. The van der Waals surface area contributed by atoms with E-state index in [9.17, 15) is 14.3 Å². The highest BCUT2D eigenvalue weighted by atomic mass is 35.5. The number of hydrogen-bond acceptors (Lipinski definition) is 5. The zero-order valence-corrected chi connectivity index (χ0v) is 16.1.